The summed E-state index contributed by atoms with van der Waals surface area (Å²) in [5, 5.41) is 3.15. The zero-order chi connectivity index (χ0) is 14.9. The monoisotopic (exact) mass is 341 g/mol. The molecule has 1 saturated carbocycles. The maximum Gasteiger partial charge on any atom is 0.160 e. The van der Waals surface area contributed by atoms with Crippen molar-refractivity contribution in [3.8, 4) is 0 Å². The minimum absolute atomic E-state index is 0.0321. The molecule has 1 aromatic rings. The van der Waals surface area contributed by atoms with Crippen LogP contribution in [0.5, 0.6) is 0 Å². The Morgan fingerprint density at radius 2 is 2.00 bits per heavy atom. The van der Waals surface area contributed by atoms with E-state index in [1.54, 1.807) is 0 Å². The number of aromatic nitrogens is 2. The van der Waals surface area contributed by atoms with E-state index < -0.39 is 0 Å². The van der Waals surface area contributed by atoms with Gasteiger partial charge in [0.2, 0.25) is 0 Å². The van der Waals surface area contributed by atoms with Crippen molar-refractivity contribution in [3.63, 3.8) is 0 Å². The maximum atomic E-state index is 5.92. The fourth-order valence-corrected chi connectivity index (χ4v) is 2.97. The fourth-order valence-electron chi connectivity index (χ4n) is 2.27. The first-order valence-corrected chi connectivity index (χ1v) is 8.04. The van der Waals surface area contributed by atoms with Gasteiger partial charge in [-0.1, -0.05) is 20.8 Å². The predicted octanol–water partition coefficient (Wildman–Crippen LogP) is 4.28. The maximum absolute atomic E-state index is 5.92. The van der Waals surface area contributed by atoms with Gasteiger partial charge in [-0.2, -0.15) is 0 Å². The van der Waals surface area contributed by atoms with Crippen LogP contribution in [0.3, 0.4) is 0 Å². The molecular weight excluding hydrogens is 318 g/mol. The number of hydrogen-bond acceptors (Lipinski definition) is 4. The van der Waals surface area contributed by atoms with E-state index in [-0.39, 0.29) is 11.5 Å². The Morgan fingerprint density at radius 1 is 1.35 bits per heavy atom. The van der Waals surface area contributed by atoms with Crippen LogP contribution in [-0.4, -0.2) is 23.6 Å². The molecule has 4 nitrogen and oxygen atoms in total. The standard InChI is InChI=1S/C15H24BrN3O/c1-6-20-12(15(2,3)4)14-18-11(9-7-8-9)10(16)13(17-5)19-14/h9,12H,6-8H2,1-5H3,(H,17,18,19). The summed E-state index contributed by atoms with van der Waals surface area (Å²) in [5.41, 5.74) is 1.09. The molecule has 0 spiro atoms. The highest BCUT2D eigenvalue weighted by molar-refractivity contribution is 9.10. The summed E-state index contributed by atoms with van der Waals surface area (Å²) in [6.45, 7) is 9.16. The Labute approximate surface area is 129 Å². The van der Waals surface area contributed by atoms with Crippen LogP contribution in [0.2, 0.25) is 0 Å². The molecule has 0 saturated heterocycles. The van der Waals surface area contributed by atoms with Crippen LogP contribution >= 0.6 is 15.9 Å². The van der Waals surface area contributed by atoms with Gasteiger partial charge in [0.25, 0.3) is 0 Å². The Kier molecular flexibility index (Phi) is 4.69. The molecule has 2 rings (SSSR count). The molecule has 1 aliphatic carbocycles. The number of rotatable bonds is 5. The van der Waals surface area contributed by atoms with Crippen molar-refractivity contribution in [2.75, 3.05) is 19.0 Å². The summed E-state index contributed by atoms with van der Waals surface area (Å²) < 4.78 is 6.91. The summed E-state index contributed by atoms with van der Waals surface area (Å²) in [4.78, 5) is 9.46. The average Bonchev–Trinajstić information content (AvgIpc) is 3.19. The number of halogens is 1. The topological polar surface area (TPSA) is 47.0 Å². The van der Waals surface area contributed by atoms with Crippen LogP contribution < -0.4 is 5.32 Å². The van der Waals surface area contributed by atoms with E-state index in [0.717, 1.165) is 21.8 Å². The zero-order valence-electron chi connectivity index (χ0n) is 13.0. The molecule has 112 valence electrons. The first-order valence-electron chi connectivity index (χ1n) is 7.25. The predicted molar refractivity (Wildman–Crippen MR) is 85.1 cm³/mol. The largest absolute Gasteiger partial charge is 0.372 e. The number of hydrogen-bond donors (Lipinski definition) is 1. The molecule has 1 fully saturated rings. The average molecular weight is 342 g/mol. The highest BCUT2D eigenvalue weighted by atomic mass is 79.9. The van der Waals surface area contributed by atoms with E-state index in [4.69, 9.17) is 9.72 Å². The minimum Gasteiger partial charge on any atom is -0.372 e. The van der Waals surface area contributed by atoms with Gasteiger partial charge in [0, 0.05) is 19.6 Å². The van der Waals surface area contributed by atoms with Crippen LogP contribution in [-0.2, 0) is 4.74 Å². The normalized spacial score (nSPS) is 17.1. The summed E-state index contributed by atoms with van der Waals surface area (Å²) in [6.07, 6.45) is 2.34. The molecular formula is C15H24BrN3O. The molecule has 20 heavy (non-hydrogen) atoms. The van der Waals surface area contributed by atoms with Gasteiger partial charge in [-0.05, 0) is 41.1 Å². The Hall–Kier alpha value is -0.680. The van der Waals surface area contributed by atoms with Crippen molar-refractivity contribution in [2.45, 2.75) is 52.6 Å². The van der Waals surface area contributed by atoms with Gasteiger partial charge in [0.05, 0.1) is 10.2 Å². The molecule has 1 atom stereocenters. The third-order valence-electron chi connectivity index (χ3n) is 3.45. The highest BCUT2D eigenvalue weighted by Crippen LogP contribution is 2.45. The molecule has 0 aromatic carbocycles. The second-order valence-corrected chi connectivity index (χ2v) is 7.15. The lowest BCUT2D eigenvalue weighted by molar-refractivity contribution is -0.0191. The van der Waals surface area contributed by atoms with Crippen LogP contribution in [0, 0.1) is 5.41 Å². The summed E-state index contributed by atoms with van der Waals surface area (Å²) >= 11 is 3.63. The van der Waals surface area contributed by atoms with Crippen molar-refractivity contribution in [2.24, 2.45) is 5.41 Å². The number of ether oxygens (including phenoxy) is 1. The molecule has 0 bridgehead atoms. The van der Waals surface area contributed by atoms with Crippen LogP contribution in [0.4, 0.5) is 5.82 Å². The molecule has 1 aliphatic rings. The van der Waals surface area contributed by atoms with Gasteiger partial charge in [-0.15, -0.1) is 0 Å². The third-order valence-corrected chi connectivity index (χ3v) is 4.23. The second kappa shape index (κ2) is 5.98. The summed E-state index contributed by atoms with van der Waals surface area (Å²) in [5.74, 6) is 2.21. The van der Waals surface area contributed by atoms with Crippen molar-refractivity contribution in [3.05, 3.63) is 16.0 Å². The van der Waals surface area contributed by atoms with Gasteiger partial charge >= 0.3 is 0 Å². The van der Waals surface area contributed by atoms with Crippen LogP contribution in [0.25, 0.3) is 0 Å². The fraction of sp³-hybridized carbons (Fsp3) is 0.733. The van der Waals surface area contributed by atoms with Gasteiger partial charge in [-0.3, -0.25) is 0 Å². The lowest BCUT2D eigenvalue weighted by Crippen LogP contribution is -2.24. The van der Waals surface area contributed by atoms with E-state index in [9.17, 15) is 0 Å². The Bertz CT molecular complexity index is 481. The second-order valence-electron chi connectivity index (χ2n) is 6.36. The van der Waals surface area contributed by atoms with Crippen molar-refractivity contribution in [1.82, 2.24) is 9.97 Å². The first kappa shape index (κ1) is 15.7. The van der Waals surface area contributed by atoms with Gasteiger partial charge in [0.15, 0.2) is 5.82 Å². The van der Waals surface area contributed by atoms with E-state index in [2.05, 4.69) is 47.0 Å². The SMILES string of the molecule is CCOC(c1nc(NC)c(Br)c(C2CC2)n1)C(C)(C)C. The van der Waals surface area contributed by atoms with Gasteiger partial charge in [0.1, 0.15) is 11.9 Å². The molecule has 0 aliphatic heterocycles. The lowest BCUT2D eigenvalue weighted by atomic mass is 9.88. The number of nitrogens with one attached hydrogen (secondary N) is 1. The third kappa shape index (κ3) is 3.31. The van der Waals surface area contributed by atoms with Crippen molar-refractivity contribution in [1.29, 1.82) is 0 Å². The van der Waals surface area contributed by atoms with Crippen LogP contribution in [0.1, 0.15) is 64.1 Å². The van der Waals surface area contributed by atoms with E-state index in [1.807, 2.05) is 14.0 Å². The Balaban J connectivity index is 2.46. The molecule has 1 heterocycles. The van der Waals surface area contributed by atoms with E-state index >= 15 is 0 Å². The molecule has 5 heteroatoms. The van der Waals surface area contributed by atoms with E-state index in [1.165, 1.54) is 12.8 Å². The molecule has 1 aromatic heterocycles. The van der Waals surface area contributed by atoms with Crippen molar-refractivity contribution >= 4 is 21.7 Å². The van der Waals surface area contributed by atoms with Crippen molar-refractivity contribution < 1.29 is 4.74 Å². The molecule has 1 unspecified atom stereocenters. The zero-order valence-corrected chi connectivity index (χ0v) is 14.5. The van der Waals surface area contributed by atoms with Gasteiger partial charge in [-0.25, -0.2) is 9.97 Å². The Morgan fingerprint density at radius 3 is 2.45 bits per heavy atom. The highest BCUT2D eigenvalue weighted by Gasteiger charge is 2.34. The quantitative estimate of drug-likeness (QED) is 0.868. The smallest absolute Gasteiger partial charge is 0.160 e. The summed E-state index contributed by atoms with van der Waals surface area (Å²) in [7, 11) is 1.89. The summed E-state index contributed by atoms with van der Waals surface area (Å²) in [6, 6.07) is 0. The van der Waals surface area contributed by atoms with E-state index in [0.29, 0.717) is 12.5 Å². The molecule has 1 N–H and O–H groups in total. The minimum atomic E-state index is -0.0924. The molecule has 0 radical (unpaired) electrons. The lowest BCUT2D eigenvalue weighted by Gasteiger charge is -2.29. The van der Waals surface area contributed by atoms with Crippen LogP contribution in [0.15, 0.2) is 4.47 Å². The molecule has 0 amide bonds. The number of nitrogens with zero attached hydrogens (tertiary/aromatic N) is 2. The number of anilines is 1. The first-order chi connectivity index (χ1) is 9.38. The van der Waals surface area contributed by atoms with Gasteiger partial charge < -0.3 is 10.1 Å².